The largest absolute Gasteiger partial charge is 1.00 e. The van der Waals surface area contributed by atoms with E-state index in [1.165, 1.54) is 0 Å². The number of hydrogen-bond acceptors (Lipinski definition) is 6. The van der Waals surface area contributed by atoms with Crippen LogP contribution in [0, 0.1) is 15.3 Å². The van der Waals surface area contributed by atoms with Crippen LogP contribution in [0.4, 0.5) is 0 Å². The number of nitrogens with two attached hydrogens (primary N) is 3. The number of nitrogens with zero attached hydrogens (tertiary/aromatic N) is 2. The molecule has 0 spiro atoms. The van der Waals surface area contributed by atoms with Crippen LogP contribution < -0.4 is 17.2 Å². The Labute approximate surface area is 107 Å². The van der Waals surface area contributed by atoms with Crippen molar-refractivity contribution in [2.75, 3.05) is 6.54 Å². The van der Waals surface area contributed by atoms with Crippen molar-refractivity contribution in [2.45, 2.75) is 18.9 Å². The van der Waals surface area contributed by atoms with Gasteiger partial charge in [0, 0.05) is 6.54 Å². The van der Waals surface area contributed by atoms with Gasteiger partial charge in [0.05, 0.1) is 5.09 Å². The summed E-state index contributed by atoms with van der Waals surface area (Å²) in [6.07, 6.45) is 0.956. The number of carbonyl (C=O) groups is 1. The summed E-state index contributed by atoms with van der Waals surface area (Å²) in [6, 6.07) is -0.820. The maximum Gasteiger partial charge on any atom is 1.00 e. The Morgan fingerprint density at radius 3 is 2.12 bits per heavy atom. The van der Waals surface area contributed by atoms with Gasteiger partial charge in [0.1, 0.15) is 6.04 Å². The van der Waals surface area contributed by atoms with Crippen LogP contribution in [0.25, 0.3) is 0 Å². The number of aliphatic carboxylic acids is 1. The summed E-state index contributed by atoms with van der Waals surface area (Å²) in [6.45, 7) is 0.420. The van der Waals surface area contributed by atoms with Gasteiger partial charge in [-0.3, -0.25) is 9.79 Å². The van der Waals surface area contributed by atoms with Gasteiger partial charge in [-0.15, -0.1) is 0 Å². The van der Waals surface area contributed by atoms with E-state index in [1.807, 2.05) is 0 Å². The van der Waals surface area contributed by atoms with Crippen LogP contribution in [-0.2, 0) is 21.9 Å². The van der Waals surface area contributed by atoms with Gasteiger partial charge in [-0.2, -0.15) is 0 Å². The number of hydrogen-bond donors (Lipinski definition) is 4. The Hall–Kier alpha value is -1.58. The van der Waals surface area contributed by atoms with Crippen LogP contribution in [0.15, 0.2) is 4.99 Å². The summed E-state index contributed by atoms with van der Waals surface area (Å²) >= 11 is 0. The topological polar surface area (TPSA) is 194 Å². The molecule has 0 aliphatic carbocycles. The summed E-state index contributed by atoms with van der Waals surface area (Å²) in [5.74, 6) is -0.987. The Morgan fingerprint density at radius 2 is 1.82 bits per heavy atom. The number of carboxylic acids is 1. The van der Waals surface area contributed by atoms with E-state index >= 15 is 0 Å². The normalized spacial score (nSPS) is 9.94. The van der Waals surface area contributed by atoms with Crippen LogP contribution in [0.1, 0.15) is 12.8 Å². The molecule has 17 heavy (non-hydrogen) atoms. The Kier molecular flexibility index (Phi) is 15.3. The minimum Gasteiger partial charge on any atom is -0.480 e. The maximum atomic E-state index is 10.2. The summed E-state index contributed by atoms with van der Waals surface area (Å²) < 4.78 is 0. The zero-order chi connectivity index (χ0) is 13.1. The molecular weight excluding hydrogens is 286 g/mol. The molecule has 0 radical (unpaired) electrons. The first-order valence-electron chi connectivity index (χ1n) is 4.12. The van der Waals surface area contributed by atoms with Crippen LogP contribution in [0.2, 0.25) is 0 Å². The SMILES string of the molecule is NC(N)=NCCC[C@H](N)C(=O)O.O=[N+]([O-])[O-].[Cu+]. The number of carboxylic acid groups (broad SMARTS) is 1. The van der Waals surface area contributed by atoms with Gasteiger partial charge in [-0.25, -0.2) is 0 Å². The van der Waals surface area contributed by atoms with E-state index in [0.29, 0.717) is 19.4 Å². The minimum absolute atomic E-state index is 0. The number of rotatable bonds is 5. The molecule has 0 aromatic carbocycles. The molecule has 11 heteroatoms. The molecule has 1 atom stereocenters. The second kappa shape index (κ2) is 12.5. The standard InChI is InChI=1S/C6H14N4O2.Cu.NO3/c7-4(5(11)12)2-1-3-10-6(8)9;;2-1(3)4/h4H,1-3,7H2,(H,11,12)(H4,8,9,10);;/q;+1;-1/t4-;;/m0../s1. The van der Waals surface area contributed by atoms with E-state index < -0.39 is 17.1 Å². The summed E-state index contributed by atoms with van der Waals surface area (Å²) in [7, 11) is 0. The Balaban J connectivity index is -0.000000340. The third-order valence-electron chi connectivity index (χ3n) is 1.28. The van der Waals surface area contributed by atoms with Crippen LogP contribution >= 0.6 is 0 Å². The van der Waals surface area contributed by atoms with E-state index in [-0.39, 0.29) is 23.0 Å². The molecule has 0 saturated heterocycles. The molecule has 0 unspecified atom stereocenters. The second-order valence-electron chi connectivity index (χ2n) is 2.62. The molecule has 10 nitrogen and oxygen atoms in total. The summed E-state index contributed by atoms with van der Waals surface area (Å²) in [5, 5.41) is 23.1. The molecule has 0 fully saturated rings. The van der Waals surface area contributed by atoms with Crippen molar-refractivity contribution in [1.82, 2.24) is 0 Å². The van der Waals surface area contributed by atoms with Gasteiger partial charge in [-0.1, -0.05) is 0 Å². The third-order valence-corrected chi connectivity index (χ3v) is 1.28. The van der Waals surface area contributed by atoms with E-state index in [0.717, 1.165) is 0 Å². The molecule has 0 aromatic rings. The molecule has 7 N–H and O–H groups in total. The zero-order valence-electron chi connectivity index (χ0n) is 8.71. The van der Waals surface area contributed by atoms with Crippen molar-refractivity contribution in [3.05, 3.63) is 15.3 Å². The van der Waals surface area contributed by atoms with Gasteiger partial charge < -0.3 is 37.6 Å². The maximum absolute atomic E-state index is 10.2. The van der Waals surface area contributed by atoms with Gasteiger partial charge in [-0.05, 0) is 12.8 Å². The molecular formula is C6H14CuN5O5. The van der Waals surface area contributed by atoms with E-state index in [4.69, 9.17) is 37.6 Å². The zero-order valence-corrected chi connectivity index (χ0v) is 9.65. The van der Waals surface area contributed by atoms with Crippen LogP contribution in [0.5, 0.6) is 0 Å². The molecule has 0 aliphatic rings. The molecule has 0 aromatic heterocycles. The monoisotopic (exact) mass is 299 g/mol. The van der Waals surface area contributed by atoms with Crippen molar-refractivity contribution < 1.29 is 32.1 Å². The first kappa shape index (κ1) is 20.8. The fourth-order valence-electron chi connectivity index (χ4n) is 0.643. The average Bonchev–Trinajstić information content (AvgIpc) is 2.10. The molecule has 104 valence electrons. The molecule has 0 aliphatic heterocycles. The molecule has 0 bridgehead atoms. The predicted molar refractivity (Wildman–Crippen MR) is 55.9 cm³/mol. The van der Waals surface area contributed by atoms with E-state index in [9.17, 15) is 4.79 Å². The van der Waals surface area contributed by atoms with E-state index in [1.54, 1.807) is 0 Å². The molecule has 0 saturated carbocycles. The van der Waals surface area contributed by atoms with Crippen molar-refractivity contribution in [2.24, 2.45) is 22.2 Å². The van der Waals surface area contributed by atoms with Gasteiger partial charge >= 0.3 is 23.0 Å². The van der Waals surface area contributed by atoms with Crippen molar-refractivity contribution in [1.29, 1.82) is 0 Å². The quantitative estimate of drug-likeness (QED) is 0.114. The molecule has 0 rings (SSSR count). The van der Waals surface area contributed by atoms with Gasteiger partial charge in [0.15, 0.2) is 5.96 Å². The second-order valence-corrected chi connectivity index (χ2v) is 2.62. The number of aliphatic imine (C=N–C) groups is 1. The summed E-state index contributed by atoms with van der Waals surface area (Å²) in [4.78, 5) is 22.1. The fourth-order valence-corrected chi connectivity index (χ4v) is 0.643. The van der Waals surface area contributed by atoms with Crippen molar-refractivity contribution in [3.63, 3.8) is 0 Å². The number of guanidine groups is 1. The van der Waals surface area contributed by atoms with Crippen molar-refractivity contribution >= 4 is 11.9 Å². The summed E-state index contributed by atoms with van der Waals surface area (Å²) in [5.41, 5.74) is 15.3. The fraction of sp³-hybridized carbons (Fsp3) is 0.667. The Morgan fingerprint density at radius 1 is 1.41 bits per heavy atom. The van der Waals surface area contributed by atoms with Gasteiger partial charge in [0.25, 0.3) is 0 Å². The molecule has 0 heterocycles. The van der Waals surface area contributed by atoms with Gasteiger partial charge in [0.2, 0.25) is 0 Å². The smallest absolute Gasteiger partial charge is 0.480 e. The Bertz CT molecular complexity index is 253. The first-order chi connectivity index (χ1) is 7.27. The van der Waals surface area contributed by atoms with Crippen LogP contribution in [-0.4, -0.2) is 34.7 Å². The van der Waals surface area contributed by atoms with Crippen molar-refractivity contribution in [3.8, 4) is 0 Å². The average molecular weight is 300 g/mol. The minimum atomic E-state index is -1.75. The first-order valence-corrected chi connectivity index (χ1v) is 4.12. The van der Waals surface area contributed by atoms with E-state index in [2.05, 4.69) is 4.99 Å². The predicted octanol–water partition coefficient (Wildman–Crippen LogP) is -1.79. The van der Waals surface area contributed by atoms with Crippen LogP contribution in [0.3, 0.4) is 0 Å². The molecule has 0 amide bonds. The third kappa shape index (κ3) is 25.1.